The minimum Gasteiger partial charge on any atom is -0.495 e. The summed E-state index contributed by atoms with van der Waals surface area (Å²) in [6, 6.07) is 16.5. The molecule has 1 N–H and O–H groups in total. The Morgan fingerprint density at radius 3 is 2.71 bits per heavy atom. The fourth-order valence-electron chi connectivity index (χ4n) is 5.15. The second-order valence-electron chi connectivity index (χ2n) is 8.83. The molecular formula is C26H27N5O4. The number of rotatable bonds is 6. The number of pyridine rings is 1. The van der Waals surface area contributed by atoms with Crippen LogP contribution >= 0.6 is 0 Å². The zero-order chi connectivity index (χ0) is 24.4. The lowest BCUT2D eigenvalue weighted by atomic mass is 9.83. The summed E-state index contributed by atoms with van der Waals surface area (Å²) in [5.74, 6) is 0.381. The van der Waals surface area contributed by atoms with Gasteiger partial charge in [-0.1, -0.05) is 12.1 Å². The fourth-order valence-corrected chi connectivity index (χ4v) is 5.15. The van der Waals surface area contributed by atoms with Gasteiger partial charge in [-0.2, -0.15) is 0 Å². The SMILES string of the molecule is COc1ccccc1N1CCN2c3ccc([N+](=O)[O-])cc3CC(C(=O)NCc3ccncc3)C2C1. The number of amides is 1. The summed E-state index contributed by atoms with van der Waals surface area (Å²) in [4.78, 5) is 33.0. The number of aromatic nitrogens is 1. The molecular weight excluding hydrogens is 446 g/mol. The van der Waals surface area contributed by atoms with E-state index in [4.69, 9.17) is 4.74 Å². The molecule has 2 aromatic carbocycles. The van der Waals surface area contributed by atoms with Gasteiger partial charge in [0.2, 0.25) is 5.91 Å². The highest BCUT2D eigenvalue weighted by atomic mass is 16.6. The third-order valence-corrected chi connectivity index (χ3v) is 6.88. The standard InChI is InChI=1S/C26H27N5O4/c1-35-25-5-3-2-4-23(25)29-12-13-30-22-7-6-20(31(33)34)14-19(22)15-21(24(30)17-29)26(32)28-16-18-8-10-27-11-9-18/h2-11,14,21,24H,12-13,15-17H2,1H3,(H,28,32). The number of piperazine rings is 1. The van der Waals surface area contributed by atoms with E-state index in [-0.39, 0.29) is 28.5 Å². The molecule has 9 heteroatoms. The molecule has 5 rings (SSSR count). The number of carbonyl (C=O) groups is 1. The van der Waals surface area contributed by atoms with E-state index in [1.54, 1.807) is 31.6 Å². The van der Waals surface area contributed by atoms with Gasteiger partial charge in [-0.05, 0) is 47.9 Å². The number of carbonyl (C=O) groups excluding carboxylic acids is 1. The zero-order valence-corrected chi connectivity index (χ0v) is 19.5. The highest BCUT2D eigenvalue weighted by molar-refractivity contribution is 5.82. The summed E-state index contributed by atoms with van der Waals surface area (Å²) in [6.45, 7) is 2.49. The van der Waals surface area contributed by atoms with Crippen LogP contribution in [0.2, 0.25) is 0 Å². The molecule has 2 unspecified atom stereocenters. The van der Waals surface area contributed by atoms with E-state index in [0.717, 1.165) is 34.8 Å². The van der Waals surface area contributed by atoms with E-state index in [9.17, 15) is 14.9 Å². The van der Waals surface area contributed by atoms with Crippen LogP contribution in [0.1, 0.15) is 11.1 Å². The van der Waals surface area contributed by atoms with Gasteiger partial charge in [-0.3, -0.25) is 19.9 Å². The number of methoxy groups -OCH3 is 1. The van der Waals surface area contributed by atoms with E-state index >= 15 is 0 Å². The topological polar surface area (TPSA) is 101 Å². The van der Waals surface area contributed by atoms with Crippen molar-refractivity contribution in [2.75, 3.05) is 36.5 Å². The van der Waals surface area contributed by atoms with Crippen LogP contribution in [0.5, 0.6) is 5.75 Å². The maximum atomic E-state index is 13.5. The Balaban J connectivity index is 1.45. The number of ether oxygens (including phenoxy) is 1. The van der Waals surface area contributed by atoms with Crippen molar-refractivity contribution < 1.29 is 14.5 Å². The average molecular weight is 474 g/mol. The second-order valence-corrected chi connectivity index (χ2v) is 8.83. The molecule has 0 radical (unpaired) electrons. The number of non-ortho nitro benzene ring substituents is 1. The first-order valence-electron chi connectivity index (χ1n) is 11.6. The molecule has 0 bridgehead atoms. The van der Waals surface area contributed by atoms with Crippen molar-refractivity contribution in [3.8, 4) is 5.75 Å². The first-order valence-corrected chi connectivity index (χ1v) is 11.6. The molecule has 3 aromatic rings. The van der Waals surface area contributed by atoms with E-state index in [2.05, 4.69) is 20.1 Å². The number of fused-ring (bicyclic) bond motifs is 3. The zero-order valence-electron chi connectivity index (χ0n) is 19.5. The van der Waals surface area contributed by atoms with E-state index in [0.29, 0.717) is 26.1 Å². The number of para-hydroxylation sites is 2. The summed E-state index contributed by atoms with van der Waals surface area (Å²) in [7, 11) is 1.66. The van der Waals surface area contributed by atoms with Gasteiger partial charge < -0.3 is 19.9 Å². The number of nitrogens with one attached hydrogen (secondary N) is 1. The molecule has 35 heavy (non-hydrogen) atoms. The Morgan fingerprint density at radius 1 is 1.14 bits per heavy atom. The van der Waals surface area contributed by atoms with Crippen molar-refractivity contribution in [1.82, 2.24) is 10.3 Å². The molecule has 1 aromatic heterocycles. The van der Waals surface area contributed by atoms with Gasteiger partial charge >= 0.3 is 0 Å². The lowest BCUT2D eigenvalue weighted by Gasteiger charge is -2.49. The molecule has 3 heterocycles. The quantitative estimate of drug-likeness (QED) is 0.433. The number of anilines is 2. The summed E-state index contributed by atoms with van der Waals surface area (Å²) >= 11 is 0. The van der Waals surface area contributed by atoms with E-state index < -0.39 is 0 Å². The molecule has 0 spiro atoms. The van der Waals surface area contributed by atoms with Crippen LogP contribution in [0.4, 0.5) is 17.1 Å². The second kappa shape index (κ2) is 9.61. The monoisotopic (exact) mass is 473 g/mol. The first kappa shape index (κ1) is 22.6. The number of hydrogen-bond donors (Lipinski definition) is 1. The fraction of sp³-hybridized carbons (Fsp3) is 0.308. The van der Waals surface area contributed by atoms with Crippen molar-refractivity contribution in [2.45, 2.75) is 19.0 Å². The van der Waals surface area contributed by atoms with E-state index in [1.807, 2.05) is 42.5 Å². The maximum Gasteiger partial charge on any atom is 0.269 e. The predicted molar refractivity (Wildman–Crippen MR) is 133 cm³/mol. The summed E-state index contributed by atoms with van der Waals surface area (Å²) in [5.41, 5.74) is 3.82. The highest BCUT2D eigenvalue weighted by Crippen LogP contribution is 2.39. The van der Waals surface area contributed by atoms with Crippen LogP contribution in [0.3, 0.4) is 0 Å². The van der Waals surface area contributed by atoms with Crippen molar-refractivity contribution in [1.29, 1.82) is 0 Å². The molecule has 2 atom stereocenters. The number of hydrogen-bond acceptors (Lipinski definition) is 7. The third kappa shape index (κ3) is 4.49. The predicted octanol–water partition coefficient (Wildman–Crippen LogP) is 3.18. The molecule has 2 aliphatic heterocycles. The molecule has 1 amide bonds. The Kier molecular flexibility index (Phi) is 6.22. The Bertz CT molecular complexity index is 1240. The van der Waals surface area contributed by atoms with Crippen LogP contribution < -0.4 is 19.9 Å². The van der Waals surface area contributed by atoms with Gasteiger partial charge in [0.25, 0.3) is 5.69 Å². The van der Waals surface area contributed by atoms with Crippen LogP contribution in [-0.2, 0) is 17.8 Å². The lowest BCUT2D eigenvalue weighted by Crippen LogP contribution is -2.61. The Morgan fingerprint density at radius 2 is 1.94 bits per heavy atom. The minimum absolute atomic E-state index is 0.0470. The summed E-state index contributed by atoms with van der Waals surface area (Å²) in [6.07, 6.45) is 3.84. The minimum atomic E-state index is -0.384. The first-order chi connectivity index (χ1) is 17.0. The molecule has 0 saturated carbocycles. The van der Waals surface area contributed by atoms with Gasteiger partial charge in [0.05, 0.1) is 29.7 Å². The number of nitro benzene ring substituents is 1. The van der Waals surface area contributed by atoms with Crippen LogP contribution in [0.15, 0.2) is 67.0 Å². The van der Waals surface area contributed by atoms with Gasteiger partial charge in [-0.25, -0.2) is 0 Å². The third-order valence-electron chi connectivity index (χ3n) is 6.88. The van der Waals surface area contributed by atoms with Crippen molar-refractivity contribution >= 4 is 23.0 Å². The summed E-state index contributed by atoms with van der Waals surface area (Å²) in [5, 5.41) is 14.5. The van der Waals surface area contributed by atoms with Gasteiger partial charge in [-0.15, -0.1) is 0 Å². The molecule has 0 aliphatic carbocycles. The largest absolute Gasteiger partial charge is 0.495 e. The molecule has 1 fully saturated rings. The molecule has 180 valence electrons. The lowest BCUT2D eigenvalue weighted by molar-refractivity contribution is -0.384. The van der Waals surface area contributed by atoms with Gasteiger partial charge in [0.15, 0.2) is 0 Å². The van der Waals surface area contributed by atoms with Gasteiger partial charge in [0, 0.05) is 56.4 Å². The highest BCUT2D eigenvalue weighted by Gasteiger charge is 2.42. The Hall–Kier alpha value is -4.14. The molecule has 2 aliphatic rings. The van der Waals surface area contributed by atoms with Crippen LogP contribution in [0.25, 0.3) is 0 Å². The van der Waals surface area contributed by atoms with Gasteiger partial charge in [0.1, 0.15) is 5.75 Å². The number of nitrogens with zero attached hydrogens (tertiary/aromatic N) is 4. The average Bonchev–Trinajstić information content (AvgIpc) is 2.91. The summed E-state index contributed by atoms with van der Waals surface area (Å²) < 4.78 is 5.58. The van der Waals surface area contributed by atoms with Crippen molar-refractivity contribution in [3.05, 3.63) is 88.2 Å². The van der Waals surface area contributed by atoms with Crippen LogP contribution in [-0.4, -0.2) is 48.6 Å². The van der Waals surface area contributed by atoms with E-state index in [1.165, 1.54) is 0 Å². The van der Waals surface area contributed by atoms with Crippen LogP contribution in [0, 0.1) is 16.0 Å². The molecule has 1 saturated heterocycles. The van der Waals surface area contributed by atoms with Crippen molar-refractivity contribution in [3.63, 3.8) is 0 Å². The van der Waals surface area contributed by atoms with Crippen molar-refractivity contribution in [2.24, 2.45) is 5.92 Å². The smallest absolute Gasteiger partial charge is 0.269 e. The normalized spacial score (nSPS) is 18.9. The number of benzene rings is 2. The Labute approximate surface area is 203 Å². The molecule has 9 nitrogen and oxygen atoms in total. The maximum absolute atomic E-state index is 13.5. The number of nitro groups is 1.